The molecule has 2 unspecified atom stereocenters. The smallest absolute Gasteiger partial charge is 0.226 e. The molecule has 2 rings (SSSR count). The van der Waals surface area contributed by atoms with Crippen LogP contribution in [0.5, 0.6) is 0 Å². The van der Waals surface area contributed by atoms with Crippen molar-refractivity contribution in [2.45, 2.75) is 39.2 Å². The third-order valence-corrected chi connectivity index (χ3v) is 4.10. The van der Waals surface area contributed by atoms with Crippen LogP contribution in [0.15, 0.2) is 12.4 Å². The minimum Gasteiger partial charge on any atom is -0.340 e. The van der Waals surface area contributed by atoms with Gasteiger partial charge in [-0.3, -0.25) is 4.79 Å². The summed E-state index contributed by atoms with van der Waals surface area (Å²) in [7, 11) is 1.89. The molecule has 0 spiro atoms. The minimum absolute atomic E-state index is 0.0483. The van der Waals surface area contributed by atoms with Gasteiger partial charge in [0.1, 0.15) is 5.82 Å². The van der Waals surface area contributed by atoms with E-state index in [0.717, 1.165) is 44.7 Å². The predicted octanol–water partition coefficient (Wildman–Crippen LogP) is 1.46. The van der Waals surface area contributed by atoms with Crippen molar-refractivity contribution in [3.05, 3.63) is 18.2 Å². The quantitative estimate of drug-likeness (QED) is 0.887. The number of aromatic nitrogens is 2. The first-order chi connectivity index (χ1) is 9.67. The summed E-state index contributed by atoms with van der Waals surface area (Å²) in [5, 5.41) is 3.08. The summed E-state index contributed by atoms with van der Waals surface area (Å²) in [6, 6.07) is 0.381. The van der Waals surface area contributed by atoms with Crippen LogP contribution >= 0.6 is 0 Å². The molecule has 0 radical (unpaired) electrons. The van der Waals surface area contributed by atoms with E-state index in [4.69, 9.17) is 0 Å². The standard InChI is InChI=1S/C15H26N4O/c1-4-14-17-7-9-19(14)13-6-5-8-18(11-13)15(20)12(2)10-16-3/h7,9,12-13,16H,4-6,8,10-11H2,1-3H3. The molecule has 1 fully saturated rings. The number of rotatable bonds is 5. The molecule has 1 saturated heterocycles. The molecule has 20 heavy (non-hydrogen) atoms. The van der Waals surface area contributed by atoms with Crippen LogP contribution in [0.1, 0.15) is 38.6 Å². The van der Waals surface area contributed by atoms with Crippen molar-refractivity contribution in [3.8, 4) is 0 Å². The Balaban J connectivity index is 2.03. The fourth-order valence-corrected chi connectivity index (χ4v) is 3.04. The summed E-state index contributed by atoms with van der Waals surface area (Å²) >= 11 is 0. The Hall–Kier alpha value is -1.36. The molecule has 1 aliphatic heterocycles. The maximum Gasteiger partial charge on any atom is 0.226 e. The van der Waals surface area contributed by atoms with Crippen molar-refractivity contribution < 1.29 is 4.79 Å². The van der Waals surface area contributed by atoms with Crippen molar-refractivity contribution in [3.63, 3.8) is 0 Å². The number of likely N-dealkylation sites (tertiary alicyclic amines) is 1. The number of nitrogens with zero attached hydrogens (tertiary/aromatic N) is 3. The van der Waals surface area contributed by atoms with Gasteiger partial charge in [-0.05, 0) is 19.9 Å². The maximum atomic E-state index is 12.4. The van der Waals surface area contributed by atoms with Gasteiger partial charge in [-0.1, -0.05) is 13.8 Å². The van der Waals surface area contributed by atoms with Gasteiger partial charge in [0.05, 0.1) is 6.04 Å². The fraction of sp³-hybridized carbons (Fsp3) is 0.733. The van der Waals surface area contributed by atoms with Gasteiger partial charge < -0.3 is 14.8 Å². The van der Waals surface area contributed by atoms with Crippen molar-refractivity contribution >= 4 is 5.91 Å². The second kappa shape index (κ2) is 6.88. The van der Waals surface area contributed by atoms with Gasteiger partial charge in [-0.25, -0.2) is 4.98 Å². The average molecular weight is 278 g/mol. The number of nitrogens with one attached hydrogen (secondary N) is 1. The molecule has 1 aromatic heterocycles. The third kappa shape index (κ3) is 3.20. The van der Waals surface area contributed by atoms with Crippen LogP contribution in [-0.2, 0) is 11.2 Å². The first-order valence-electron chi connectivity index (χ1n) is 7.62. The summed E-state index contributed by atoms with van der Waals surface area (Å²) in [6.45, 7) is 6.57. The monoisotopic (exact) mass is 278 g/mol. The zero-order valence-corrected chi connectivity index (χ0v) is 12.8. The van der Waals surface area contributed by atoms with Gasteiger partial charge in [0.15, 0.2) is 0 Å². The van der Waals surface area contributed by atoms with Gasteiger partial charge in [0.2, 0.25) is 5.91 Å². The van der Waals surface area contributed by atoms with E-state index < -0.39 is 0 Å². The van der Waals surface area contributed by atoms with E-state index >= 15 is 0 Å². The van der Waals surface area contributed by atoms with E-state index in [9.17, 15) is 4.79 Å². The van der Waals surface area contributed by atoms with Crippen LogP contribution in [0, 0.1) is 5.92 Å². The lowest BCUT2D eigenvalue weighted by atomic mass is 10.0. The molecule has 1 aliphatic rings. The number of carbonyl (C=O) groups is 1. The topological polar surface area (TPSA) is 50.2 Å². The molecule has 0 saturated carbocycles. The van der Waals surface area contributed by atoms with Crippen molar-refractivity contribution in [1.82, 2.24) is 19.8 Å². The number of piperidine rings is 1. The lowest BCUT2D eigenvalue weighted by molar-refractivity contribution is -0.136. The molecule has 1 N–H and O–H groups in total. The Morgan fingerprint density at radius 2 is 2.40 bits per heavy atom. The Bertz CT molecular complexity index is 443. The van der Waals surface area contributed by atoms with Crippen molar-refractivity contribution in [2.24, 2.45) is 5.92 Å². The van der Waals surface area contributed by atoms with Gasteiger partial charge in [0.25, 0.3) is 0 Å². The highest BCUT2D eigenvalue weighted by molar-refractivity contribution is 5.78. The Morgan fingerprint density at radius 1 is 1.60 bits per heavy atom. The molecule has 0 aliphatic carbocycles. The summed E-state index contributed by atoms with van der Waals surface area (Å²) in [4.78, 5) is 18.8. The molecule has 0 aromatic carbocycles. The second-order valence-corrected chi connectivity index (χ2v) is 5.64. The van der Waals surface area contributed by atoms with Crippen LogP contribution in [0.4, 0.5) is 0 Å². The zero-order chi connectivity index (χ0) is 14.5. The van der Waals surface area contributed by atoms with Crippen molar-refractivity contribution in [1.29, 1.82) is 0 Å². The van der Waals surface area contributed by atoms with E-state index in [1.807, 2.05) is 25.1 Å². The lowest BCUT2D eigenvalue weighted by Crippen LogP contribution is -2.44. The maximum absolute atomic E-state index is 12.4. The molecule has 2 heterocycles. The highest BCUT2D eigenvalue weighted by atomic mass is 16.2. The van der Waals surface area contributed by atoms with Crippen molar-refractivity contribution in [2.75, 3.05) is 26.7 Å². The van der Waals surface area contributed by atoms with Gasteiger partial charge in [0, 0.05) is 44.4 Å². The molecular formula is C15H26N4O. The average Bonchev–Trinajstić information content (AvgIpc) is 2.95. The van der Waals surface area contributed by atoms with E-state index in [-0.39, 0.29) is 11.8 Å². The van der Waals surface area contributed by atoms with E-state index in [2.05, 4.69) is 28.0 Å². The van der Waals surface area contributed by atoms with Crippen LogP contribution in [0.2, 0.25) is 0 Å². The number of carbonyl (C=O) groups excluding carboxylic acids is 1. The van der Waals surface area contributed by atoms with E-state index in [0.29, 0.717) is 6.04 Å². The fourth-order valence-electron chi connectivity index (χ4n) is 3.04. The first-order valence-corrected chi connectivity index (χ1v) is 7.62. The number of aryl methyl sites for hydroxylation is 1. The van der Waals surface area contributed by atoms with Crippen LogP contribution < -0.4 is 5.32 Å². The summed E-state index contributed by atoms with van der Waals surface area (Å²) in [5.41, 5.74) is 0. The number of imidazole rings is 1. The lowest BCUT2D eigenvalue weighted by Gasteiger charge is -2.35. The molecule has 5 nitrogen and oxygen atoms in total. The largest absolute Gasteiger partial charge is 0.340 e. The minimum atomic E-state index is 0.0483. The van der Waals surface area contributed by atoms with E-state index in [1.54, 1.807) is 0 Å². The third-order valence-electron chi connectivity index (χ3n) is 4.10. The normalized spacial score (nSPS) is 20.9. The Morgan fingerprint density at radius 3 is 3.10 bits per heavy atom. The van der Waals surface area contributed by atoms with Gasteiger partial charge in [-0.2, -0.15) is 0 Å². The van der Waals surface area contributed by atoms with Crippen LogP contribution in [0.3, 0.4) is 0 Å². The summed E-state index contributed by atoms with van der Waals surface area (Å²) < 4.78 is 2.25. The summed E-state index contributed by atoms with van der Waals surface area (Å²) in [5.74, 6) is 1.43. The second-order valence-electron chi connectivity index (χ2n) is 5.64. The SMILES string of the molecule is CCc1nccn1C1CCCN(C(=O)C(C)CNC)C1. The van der Waals surface area contributed by atoms with E-state index in [1.165, 1.54) is 0 Å². The molecule has 112 valence electrons. The predicted molar refractivity (Wildman–Crippen MR) is 79.5 cm³/mol. The zero-order valence-electron chi connectivity index (χ0n) is 12.8. The highest BCUT2D eigenvalue weighted by Gasteiger charge is 2.27. The highest BCUT2D eigenvalue weighted by Crippen LogP contribution is 2.24. The molecule has 1 amide bonds. The van der Waals surface area contributed by atoms with Crippen LogP contribution in [-0.4, -0.2) is 47.0 Å². The molecule has 1 aromatic rings. The van der Waals surface area contributed by atoms with Gasteiger partial charge in [-0.15, -0.1) is 0 Å². The van der Waals surface area contributed by atoms with Crippen LogP contribution in [0.25, 0.3) is 0 Å². The Kier molecular flexibility index (Phi) is 5.17. The number of amides is 1. The summed E-state index contributed by atoms with van der Waals surface area (Å²) in [6.07, 6.45) is 7.06. The molecule has 0 bridgehead atoms. The number of hydrogen-bond donors (Lipinski definition) is 1. The molecule has 2 atom stereocenters. The first kappa shape index (κ1) is 15.0. The molecule has 5 heteroatoms. The van der Waals surface area contributed by atoms with Gasteiger partial charge >= 0.3 is 0 Å². The molecular weight excluding hydrogens is 252 g/mol. The number of hydrogen-bond acceptors (Lipinski definition) is 3. The Labute approximate surface area is 121 Å².